The topological polar surface area (TPSA) is 74.9 Å². The Morgan fingerprint density at radius 1 is 1.58 bits per heavy atom. The number of fused-ring (bicyclic) bond motifs is 1. The molecule has 0 unspecified atom stereocenters. The number of imidazole rings is 1. The van der Waals surface area contributed by atoms with Crippen molar-refractivity contribution in [1.29, 1.82) is 0 Å². The zero-order chi connectivity index (χ0) is 13.6. The van der Waals surface area contributed by atoms with Crippen molar-refractivity contribution in [2.45, 2.75) is 23.9 Å². The summed E-state index contributed by atoms with van der Waals surface area (Å²) in [6.45, 7) is -0.125. The maximum atomic E-state index is 12.7. The van der Waals surface area contributed by atoms with Gasteiger partial charge in [-0.25, -0.2) is 13.4 Å². The summed E-state index contributed by atoms with van der Waals surface area (Å²) in [5, 5.41) is 10.8. The molecule has 2 heterocycles. The molecular formula is C10H12ClN3O3S2. The van der Waals surface area contributed by atoms with E-state index in [1.54, 1.807) is 11.6 Å². The molecule has 104 valence electrons. The van der Waals surface area contributed by atoms with Gasteiger partial charge in [-0.3, -0.25) is 4.40 Å². The third-order valence-electron chi connectivity index (χ3n) is 3.01. The van der Waals surface area contributed by atoms with E-state index in [1.807, 2.05) is 0 Å². The summed E-state index contributed by atoms with van der Waals surface area (Å²) < 4.78 is 28.1. The minimum Gasteiger partial charge on any atom is -0.395 e. The van der Waals surface area contributed by atoms with Crippen LogP contribution in [0.3, 0.4) is 0 Å². The Hall–Kier alpha value is -0.670. The van der Waals surface area contributed by atoms with Crippen molar-refractivity contribution < 1.29 is 13.5 Å². The molecule has 19 heavy (non-hydrogen) atoms. The molecular weight excluding hydrogens is 310 g/mol. The maximum Gasteiger partial charge on any atom is 0.262 e. The van der Waals surface area contributed by atoms with Crippen molar-refractivity contribution in [1.82, 2.24) is 13.7 Å². The second-order valence-electron chi connectivity index (χ2n) is 4.33. The monoisotopic (exact) mass is 321 g/mol. The molecule has 0 aliphatic heterocycles. The molecule has 2 aromatic heterocycles. The zero-order valence-electron chi connectivity index (χ0n) is 9.86. The Labute approximate surface area is 119 Å². The van der Waals surface area contributed by atoms with Crippen LogP contribution in [0.5, 0.6) is 0 Å². The minimum atomic E-state index is -3.74. The van der Waals surface area contributed by atoms with Crippen LogP contribution in [-0.2, 0) is 10.0 Å². The molecule has 0 spiro atoms. The number of thiazole rings is 1. The second-order valence-corrected chi connectivity index (χ2v) is 7.37. The Balaban J connectivity index is 2.12. The third kappa shape index (κ3) is 2.17. The average Bonchev–Trinajstić information content (AvgIpc) is 2.99. The van der Waals surface area contributed by atoms with Crippen LogP contribution in [0.2, 0.25) is 5.15 Å². The van der Waals surface area contributed by atoms with Gasteiger partial charge in [0.1, 0.15) is 0 Å². The molecule has 6 nitrogen and oxygen atoms in total. The van der Waals surface area contributed by atoms with E-state index in [4.69, 9.17) is 16.7 Å². The second kappa shape index (κ2) is 4.71. The molecule has 1 saturated carbocycles. The number of nitrogens with zero attached hydrogens (tertiary/aromatic N) is 3. The lowest BCUT2D eigenvalue weighted by Crippen LogP contribution is -2.36. The van der Waals surface area contributed by atoms with Crippen LogP contribution in [0.15, 0.2) is 16.6 Å². The highest BCUT2D eigenvalue weighted by atomic mass is 35.5. The Morgan fingerprint density at radius 3 is 2.95 bits per heavy atom. The van der Waals surface area contributed by atoms with Crippen molar-refractivity contribution in [2.24, 2.45) is 0 Å². The van der Waals surface area contributed by atoms with Gasteiger partial charge >= 0.3 is 0 Å². The van der Waals surface area contributed by atoms with Gasteiger partial charge in [0.15, 0.2) is 15.1 Å². The Morgan fingerprint density at radius 2 is 2.32 bits per heavy atom. The van der Waals surface area contributed by atoms with Crippen LogP contribution < -0.4 is 0 Å². The van der Waals surface area contributed by atoms with Crippen LogP contribution in [0, 0.1) is 0 Å². The molecule has 0 saturated heterocycles. The fraction of sp³-hybridized carbons (Fsp3) is 0.500. The van der Waals surface area contributed by atoms with E-state index < -0.39 is 10.0 Å². The van der Waals surface area contributed by atoms with Crippen LogP contribution in [0.4, 0.5) is 0 Å². The number of hydrogen-bond donors (Lipinski definition) is 1. The van der Waals surface area contributed by atoms with E-state index in [9.17, 15) is 8.42 Å². The molecule has 0 amide bonds. The number of hydrogen-bond acceptors (Lipinski definition) is 5. The fourth-order valence-electron chi connectivity index (χ4n) is 2.04. The highest BCUT2D eigenvalue weighted by Gasteiger charge is 2.40. The van der Waals surface area contributed by atoms with Crippen LogP contribution in [0.25, 0.3) is 4.96 Å². The summed E-state index contributed by atoms with van der Waals surface area (Å²) in [6.07, 6.45) is 3.28. The first-order valence-electron chi connectivity index (χ1n) is 5.79. The van der Waals surface area contributed by atoms with Gasteiger partial charge < -0.3 is 5.11 Å². The number of sulfonamides is 1. The van der Waals surface area contributed by atoms with Crippen LogP contribution in [-0.4, -0.2) is 46.4 Å². The van der Waals surface area contributed by atoms with Gasteiger partial charge in [0.2, 0.25) is 0 Å². The first-order chi connectivity index (χ1) is 9.05. The maximum absolute atomic E-state index is 12.7. The molecule has 0 bridgehead atoms. The van der Waals surface area contributed by atoms with Crippen LogP contribution in [0.1, 0.15) is 12.8 Å². The summed E-state index contributed by atoms with van der Waals surface area (Å²) >= 11 is 7.29. The average molecular weight is 322 g/mol. The smallest absolute Gasteiger partial charge is 0.262 e. The van der Waals surface area contributed by atoms with Gasteiger partial charge in [-0.2, -0.15) is 4.31 Å². The van der Waals surface area contributed by atoms with Crippen LogP contribution >= 0.6 is 22.9 Å². The molecule has 3 rings (SSSR count). The summed E-state index contributed by atoms with van der Waals surface area (Å²) in [5.41, 5.74) is 0. The number of aromatic nitrogens is 2. The lowest BCUT2D eigenvalue weighted by molar-refractivity contribution is 0.250. The van der Waals surface area contributed by atoms with Gasteiger partial charge in [0.25, 0.3) is 10.0 Å². The van der Waals surface area contributed by atoms with E-state index in [2.05, 4.69) is 4.98 Å². The number of aliphatic hydroxyl groups is 1. The van der Waals surface area contributed by atoms with Gasteiger partial charge in [-0.1, -0.05) is 11.6 Å². The predicted octanol–water partition coefficient (Wildman–Crippen LogP) is 1.19. The van der Waals surface area contributed by atoms with Gasteiger partial charge in [0, 0.05) is 24.2 Å². The number of rotatable bonds is 5. The summed E-state index contributed by atoms with van der Waals surface area (Å²) in [5.74, 6) is 0. The molecule has 0 aromatic carbocycles. The molecule has 0 radical (unpaired) electrons. The van der Waals surface area contributed by atoms with Crippen molar-refractivity contribution in [2.75, 3.05) is 13.2 Å². The van der Waals surface area contributed by atoms with Gasteiger partial charge in [0.05, 0.1) is 6.61 Å². The molecule has 0 atom stereocenters. The highest BCUT2D eigenvalue weighted by molar-refractivity contribution is 7.89. The molecule has 1 fully saturated rings. The Bertz CT molecular complexity index is 705. The number of aliphatic hydroxyl groups excluding tert-OH is 1. The first kappa shape index (κ1) is 13.3. The molecule has 1 N–H and O–H groups in total. The third-order valence-corrected chi connectivity index (χ3v) is 6.12. The highest BCUT2D eigenvalue weighted by Crippen LogP contribution is 2.34. The zero-order valence-corrected chi connectivity index (χ0v) is 12.2. The lowest BCUT2D eigenvalue weighted by atomic mass is 10.6. The summed E-state index contributed by atoms with van der Waals surface area (Å²) in [4.78, 5) is 4.58. The van der Waals surface area contributed by atoms with E-state index >= 15 is 0 Å². The Kier molecular flexibility index (Phi) is 3.30. The predicted molar refractivity (Wildman–Crippen MR) is 72.1 cm³/mol. The quantitative estimate of drug-likeness (QED) is 0.897. The van der Waals surface area contributed by atoms with Gasteiger partial charge in [-0.05, 0) is 12.8 Å². The van der Waals surface area contributed by atoms with Crippen molar-refractivity contribution >= 4 is 37.9 Å². The summed E-state index contributed by atoms with van der Waals surface area (Å²) in [7, 11) is -3.74. The number of halogens is 1. The molecule has 9 heteroatoms. The van der Waals surface area contributed by atoms with E-state index in [0.717, 1.165) is 12.8 Å². The summed E-state index contributed by atoms with van der Waals surface area (Å²) in [6, 6.07) is -0.0302. The van der Waals surface area contributed by atoms with Gasteiger partial charge in [-0.15, -0.1) is 11.3 Å². The lowest BCUT2D eigenvalue weighted by Gasteiger charge is -2.20. The molecule has 1 aliphatic rings. The minimum absolute atomic E-state index is 0.00855. The molecule has 1 aliphatic carbocycles. The molecule has 2 aromatic rings. The van der Waals surface area contributed by atoms with Crippen molar-refractivity contribution in [3.05, 3.63) is 16.7 Å². The van der Waals surface area contributed by atoms with Crippen molar-refractivity contribution in [3.8, 4) is 0 Å². The standard InChI is InChI=1S/C10H12ClN3O3S2/c11-8-9(13-4-6-18-10(13)12-8)19(16,17)14(3-5-15)7-1-2-7/h4,6-7,15H,1-3,5H2. The SMILES string of the molecule is O=S(=O)(c1c(Cl)nc2sccn12)N(CCO)C1CC1. The largest absolute Gasteiger partial charge is 0.395 e. The van der Waals surface area contributed by atoms with E-state index in [-0.39, 0.29) is 29.4 Å². The first-order valence-corrected chi connectivity index (χ1v) is 8.49. The van der Waals surface area contributed by atoms with Crippen molar-refractivity contribution in [3.63, 3.8) is 0 Å². The van der Waals surface area contributed by atoms with E-state index in [1.165, 1.54) is 20.0 Å². The fourth-order valence-corrected chi connectivity index (χ4v) is 5.13. The normalized spacial score (nSPS) is 16.6. The van der Waals surface area contributed by atoms with E-state index in [0.29, 0.717) is 4.96 Å².